The summed E-state index contributed by atoms with van der Waals surface area (Å²) < 4.78 is 9.41. The van der Waals surface area contributed by atoms with Crippen molar-refractivity contribution in [3.63, 3.8) is 0 Å². The number of aliphatic hydroxyl groups excluding tert-OH is 1. The molecule has 0 aromatic carbocycles. The summed E-state index contributed by atoms with van der Waals surface area (Å²) >= 11 is 0. The number of nitrogens with one attached hydrogen (secondary N) is 1. The van der Waals surface area contributed by atoms with E-state index in [-0.39, 0.29) is 19.1 Å². The molecule has 1 atom stereocenters. The van der Waals surface area contributed by atoms with Crippen molar-refractivity contribution in [2.24, 2.45) is 0 Å². The summed E-state index contributed by atoms with van der Waals surface area (Å²) in [5.41, 5.74) is 0. The van der Waals surface area contributed by atoms with Gasteiger partial charge in [-0.05, 0) is 0 Å². The highest BCUT2D eigenvalue weighted by Gasteiger charge is 2.04. The van der Waals surface area contributed by atoms with Crippen LogP contribution in [0.3, 0.4) is 0 Å². The van der Waals surface area contributed by atoms with Crippen molar-refractivity contribution in [2.75, 3.05) is 33.4 Å². The average molecular weight is 203 g/mol. The third-order valence-corrected chi connectivity index (χ3v) is 1.42. The molecule has 5 heteroatoms. The number of ether oxygens (including phenoxy) is 2. The zero-order valence-corrected chi connectivity index (χ0v) is 8.36. The first-order valence-electron chi connectivity index (χ1n) is 4.35. The molecule has 0 aliphatic rings. The van der Waals surface area contributed by atoms with E-state index in [0.29, 0.717) is 13.2 Å². The van der Waals surface area contributed by atoms with Crippen molar-refractivity contribution in [1.29, 1.82) is 0 Å². The Morgan fingerprint density at radius 3 is 3.00 bits per heavy atom. The molecule has 2 N–H and O–H groups in total. The maximum Gasteiger partial charge on any atom is 0.319 e. The van der Waals surface area contributed by atoms with Crippen LogP contribution in [0, 0.1) is 0 Å². The van der Waals surface area contributed by atoms with Gasteiger partial charge in [-0.15, -0.1) is 6.58 Å². The van der Waals surface area contributed by atoms with E-state index in [1.54, 1.807) is 6.08 Å². The molecule has 82 valence electrons. The van der Waals surface area contributed by atoms with E-state index in [1.807, 2.05) is 0 Å². The molecule has 0 saturated carbocycles. The number of rotatable bonds is 8. The molecule has 1 unspecified atom stereocenters. The fraction of sp³-hybridized carbons (Fsp3) is 0.667. The van der Waals surface area contributed by atoms with Crippen molar-refractivity contribution in [3.8, 4) is 0 Å². The summed E-state index contributed by atoms with van der Waals surface area (Å²) in [4.78, 5) is 10.6. The fourth-order valence-corrected chi connectivity index (χ4v) is 0.759. The van der Waals surface area contributed by atoms with Gasteiger partial charge in [-0.1, -0.05) is 6.08 Å². The van der Waals surface area contributed by atoms with Gasteiger partial charge in [0.2, 0.25) is 0 Å². The average Bonchev–Trinajstić information content (AvgIpc) is 2.18. The van der Waals surface area contributed by atoms with E-state index >= 15 is 0 Å². The molecule has 0 rings (SSSR count). The molecule has 0 spiro atoms. The molecule has 14 heavy (non-hydrogen) atoms. The molecule has 0 aromatic heterocycles. The second-order valence-corrected chi connectivity index (χ2v) is 2.69. The number of carbonyl (C=O) groups excluding carboxylic acids is 1. The molecule has 0 heterocycles. The highest BCUT2D eigenvalue weighted by atomic mass is 16.5. The first-order valence-corrected chi connectivity index (χ1v) is 4.35. The lowest BCUT2D eigenvalue weighted by Crippen LogP contribution is -2.34. The number of methoxy groups -OCH3 is 1. The van der Waals surface area contributed by atoms with Crippen molar-refractivity contribution >= 4 is 5.97 Å². The Hall–Kier alpha value is -0.910. The molecule has 0 aliphatic carbocycles. The quantitative estimate of drug-likeness (QED) is 0.310. The first-order chi connectivity index (χ1) is 6.70. The van der Waals surface area contributed by atoms with Crippen LogP contribution in [0.5, 0.6) is 0 Å². The van der Waals surface area contributed by atoms with Gasteiger partial charge in [-0.2, -0.15) is 0 Å². The summed E-state index contributed by atoms with van der Waals surface area (Å²) in [7, 11) is 1.31. The molecule has 0 fully saturated rings. The summed E-state index contributed by atoms with van der Waals surface area (Å²) in [5, 5.41) is 12.0. The van der Waals surface area contributed by atoms with Crippen LogP contribution in [-0.2, 0) is 14.3 Å². The number of carbonyl (C=O) groups is 1. The van der Waals surface area contributed by atoms with Crippen LogP contribution < -0.4 is 5.32 Å². The van der Waals surface area contributed by atoms with E-state index < -0.39 is 6.10 Å². The Kier molecular flexibility index (Phi) is 8.11. The standard InChI is InChI=1S/C9H17NO4/c1-3-4-14-7-8(11)5-10-6-9(12)13-2/h3,8,10-11H,1,4-7H2,2H3. The number of hydrogen-bond acceptors (Lipinski definition) is 5. The molecule has 0 saturated heterocycles. The van der Waals surface area contributed by atoms with E-state index in [1.165, 1.54) is 7.11 Å². The fourth-order valence-electron chi connectivity index (χ4n) is 0.759. The third kappa shape index (κ3) is 7.72. The number of aliphatic hydroxyl groups is 1. The van der Waals surface area contributed by atoms with Gasteiger partial charge in [-0.3, -0.25) is 4.79 Å². The van der Waals surface area contributed by atoms with E-state index in [9.17, 15) is 9.90 Å². The van der Waals surface area contributed by atoms with Gasteiger partial charge in [0.1, 0.15) is 0 Å². The normalized spacial score (nSPS) is 12.1. The molecule has 0 radical (unpaired) electrons. The maximum absolute atomic E-state index is 10.6. The van der Waals surface area contributed by atoms with Crippen LogP contribution in [0.4, 0.5) is 0 Å². The maximum atomic E-state index is 10.6. The van der Waals surface area contributed by atoms with Crippen LogP contribution >= 0.6 is 0 Å². The predicted octanol–water partition coefficient (Wildman–Crippen LogP) is -0.687. The molecular weight excluding hydrogens is 186 g/mol. The number of esters is 1. The molecule has 5 nitrogen and oxygen atoms in total. The van der Waals surface area contributed by atoms with Crippen LogP contribution in [0.15, 0.2) is 12.7 Å². The Labute approximate surface area is 83.7 Å². The van der Waals surface area contributed by atoms with Crippen molar-refractivity contribution < 1.29 is 19.4 Å². The SMILES string of the molecule is C=CCOCC(O)CNCC(=O)OC. The Bertz CT molecular complexity index is 172. The van der Waals surface area contributed by atoms with Gasteiger partial charge < -0.3 is 19.9 Å². The van der Waals surface area contributed by atoms with Gasteiger partial charge in [0.15, 0.2) is 0 Å². The van der Waals surface area contributed by atoms with Crippen LogP contribution in [0.25, 0.3) is 0 Å². The zero-order valence-electron chi connectivity index (χ0n) is 8.36. The van der Waals surface area contributed by atoms with Crippen molar-refractivity contribution in [1.82, 2.24) is 5.32 Å². The molecular formula is C9H17NO4. The summed E-state index contributed by atoms with van der Waals surface area (Å²) in [6, 6.07) is 0. The van der Waals surface area contributed by atoms with Gasteiger partial charge in [0.05, 0.1) is 33.0 Å². The molecule has 0 aliphatic heterocycles. The second kappa shape index (κ2) is 8.68. The van der Waals surface area contributed by atoms with Crippen LogP contribution in [-0.4, -0.2) is 50.6 Å². The minimum absolute atomic E-state index is 0.0923. The summed E-state index contributed by atoms with van der Waals surface area (Å²) in [5.74, 6) is -0.357. The zero-order chi connectivity index (χ0) is 10.8. The Morgan fingerprint density at radius 1 is 1.71 bits per heavy atom. The highest BCUT2D eigenvalue weighted by molar-refractivity contribution is 5.71. The predicted molar refractivity (Wildman–Crippen MR) is 51.9 cm³/mol. The lowest BCUT2D eigenvalue weighted by molar-refractivity contribution is -0.139. The van der Waals surface area contributed by atoms with E-state index in [2.05, 4.69) is 16.6 Å². The Balaban J connectivity index is 3.30. The van der Waals surface area contributed by atoms with Crippen molar-refractivity contribution in [2.45, 2.75) is 6.10 Å². The lowest BCUT2D eigenvalue weighted by atomic mass is 10.4. The van der Waals surface area contributed by atoms with Gasteiger partial charge >= 0.3 is 5.97 Å². The summed E-state index contributed by atoms with van der Waals surface area (Å²) in [6.07, 6.45) is 0.980. The van der Waals surface area contributed by atoms with Gasteiger partial charge in [-0.25, -0.2) is 0 Å². The molecule has 0 amide bonds. The second-order valence-electron chi connectivity index (χ2n) is 2.69. The topological polar surface area (TPSA) is 67.8 Å². The number of hydrogen-bond donors (Lipinski definition) is 2. The smallest absolute Gasteiger partial charge is 0.319 e. The lowest BCUT2D eigenvalue weighted by Gasteiger charge is -2.10. The Morgan fingerprint density at radius 2 is 2.43 bits per heavy atom. The van der Waals surface area contributed by atoms with Crippen LogP contribution in [0.2, 0.25) is 0 Å². The van der Waals surface area contributed by atoms with Gasteiger partial charge in [0, 0.05) is 6.54 Å². The largest absolute Gasteiger partial charge is 0.468 e. The summed E-state index contributed by atoms with van der Waals surface area (Å²) in [6.45, 7) is 4.49. The monoisotopic (exact) mass is 203 g/mol. The minimum Gasteiger partial charge on any atom is -0.468 e. The van der Waals surface area contributed by atoms with Crippen molar-refractivity contribution in [3.05, 3.63) is 12.7 Å². The van der Waals surface area contributed by atoms with Gasteiger partial charge in [0.25, 0.3) is 0 Å². The van der Waals surface area contributed by atoms with Crippen LogP contribution in [0.1, 0.15) is 0 Å². The van der Waals surface area contributed by atoms with E-state index in [0.717, 1.165) is 0 Å². The highest BCUT2D eigenvalue weighted by Crippen LogP contribution is 1.84. The first kappa shape index (κ1) is 13.1. The van der Waals surface area contributed by atoms with E-state index in [4.69, 9.17) is 4.74 Å². The molecule has 0 aromatic rings. The molecule has 0 bridgehead atoms. The third-order valence-electron chi connectivity index (χ3n) is 1.42. The minimum atomic E-state index is -0.625.